The summed E-state index contributed by atoms with van der Waals surface area (Å²) in [6, 6.07) is 0. The molecule has 0 amide bonds. The molecule has 0 bridgehead atoms. The topological polar surface area (TPSA) is 71.4 Å². The van der Waals surface area contributed by atoms with Gasteiger partial charge in [0, 0.05) is 0 Å². The van der Waals surface area contributed by atoms with Gasteiger partial charge in [-0.05, 0) is 12.8 Å². The molecule has 0 atom stereocenters. The lowest BCUT2D eigenvalue weighted by atomic mass is 10.2. The van der Waals surface area contributed by atoms with Crippen LogP contribution in [0.4, 0.5) is 0 Å². The van der Waals surface area contributed by atoms with Crippen LogP contribution in [-0.2, 0) is 14.9 Å². The fourth-order valence-corrected chi connectivity index (χ4v) is 1.30. The third-order valence-electron chi connectivity index (χ3n) is 1.57. The molecule has 0 aromatic heterocycles. The summed E-state index contributed by atoms with van der Waals surface area (Å²) in [5.41, 5.74) is 0. The molecule has 0 aliphatic carbocycles. The van der Waals surface area contributed by atoms with Crippen LogP contribution in [0.2, 0.25) is 0 Å². The minimum Gasteiger partial charge on any atom is -0.297 e. The van der Waals surface area contributed by atoms with Gasteiger partial charge in [-0.15, -0.1) is 0 Å². The highest BCUT2D eigenvalue weighted by Gasteiger charge is 2.11. The van der Waals surface area contributed by atoms with E-state index in [2.05, 4.69) is 0 Å². The molecular weight excluding hydrogens is 192 g/mol. The molecule has 0 rings (SSSR count). The lowest BCUT2D eigenvalue weighted by molar-refractivity contribution is -0.104. The van der Waals surface area contributed by atoms with Gasteiger partial charge in [0.25, 0.3) is 10.1 Å². The second kappa shape index (κ2) is 5.88. The van der Waals surface area contributed by atoms with Crippen molar-refractivity contribution in [2.24, 2.45) is 0 Å². The molecule has 0 saturated heterocycles. The van der Waals surface area contributed by atoms with Crippen molar-refractivity contribution < 1.29 is 17.8 Å². The first kappa shape index (κ1) is 12.3. The summed E-state index contributed by atoms with van der Waals surface area (Å²) in [6.45, 7) is 2.02. The van der Waals surface area contributed by atoms with Crippen molar-refractivity contribution in [3.8, 4) is 0 Å². The molecule has 0 aromatic carbocycles. The van der Waals surface area contributed by atoms with Crippen LogP contribution in [0.3, 0.4) is 0 Å². The predicted molar refractivity (Wildman–Crippen MR) is 49.8 cm³/mol. The summed E-state index contributed by atoms with van der Waals surface area (Å²) < 4.78 is 29.5. The van der Waals surface area contributed by atoms with Crippen molar-refractivity contribution >= 4 is 16.4 Å². The van der Waals surface area contributed by atoms with E-state index in [1.165, 1.54) is 6.08 Å². The number of carbonyl (C=O) groups is 1. The van der Waals surface area contributed by atoms with Gasteiger partial charge in [-0.2, -0.15) is 8.42 Å². The Balaban J connectivity index is 4.18. The molecule has 0 saturated carbocycles. The van der Waals surface area contributed by atoms with Gasteiger partial charge in [0.05, 0.1) is 0 Å². The summed E-state index contributed by atoms with van der Waals surface area (Å²) in [7, 11) is -4.31. The molecule has 0 fully saturated rings. The third kappa shape index (κ3) is 5.54. The van der Waals surface area contributed by atoms with E-state index in [0.29, 0.717) is 6.42 Å². The summed E-state index contributed by atoms with van der Waals surface area (Å²) in [4.78, 5) is 9.67. The Labute approximate surface area is 78.4 Å². The first-order chi connectivity index (χ1) is 6.02. The van der Waals surface area contributed by atoms with Crippen LogP contribution in [0, 0.1) is 0 Å². The quantitative estimate of drug-likeness (QED) is 0.309. The number of carbonyl (C=O) groups excluding carboxylic acids is 1. The van der Waals surface area contributed by atoms with Gasteiger partial charge in [0.2, 0.25) is 0 Å². The molecule has 5 heteroatoms. The molecule has 0 radical (unpaired) electrons. The zero-order valence-corrected chi connectivity index (χ0v) is 8.38. The highest BCUT2D eigenvalue weighted by Crippen LogP contribution is 2.06. The first-order valence-electron chi connectivity index (χ1n) is 4.15. The fraction of sp³-hybridized carbons (Fsp3) is 0.625. The number of aldehydes is 1. The number of hydrogen-bond acceptors (Lipinski definition) is 3. The SMILES string of the molecule is CCCCCC=C(C=O)S(=O)(=O)O. The van der Waals surface area contributed by atoms with Crippen molar-refractivity contribution in [3.05, 3.63) is 11.0 Å². The normalized spacial score (nSPS) is 12.9. The van der Waals surface area contributed by atoms with Gasteiger partial charge in [-0.25, -0.2) is 0 Å². The van der Waals surface area contributed by atoms with Gasteiger partial charge in [0.1, 0.15) is 4.91 Å². The predicted octanol–water partition coefficient (Wildman–Crippen LogP) is 1.54. The Morgan fingerprint density at radius 2 is 2.00 bits per heavy atom. The molecule has 0 aliphatic rings. The van der Waals surface area contributed by atoms with E-state index in [1.807, 2.05) is 6.92 Å². The molecule has 0 aliphatic heterocycles. The molecular formula is C8H14O4S. The van der Waals surface area contributed by atoms with Crippen LogP contribution in [0.15, 0.2) is 11.0 Å². The van der Waals surface area contributed by atoms with Gasteiger partial charge >= 0.3 is 0 Å². The Bertz CT molecular complexity index is 277. The Hall–Kier alpha value is -0.680. The standard InChI is InChI=1S/C8H14O4S/c1-2-3-4-5-6-8(7-9)13(10,11)12/h6-7H,2-5H2,1H3,(H,10,11,12). The molecule has 0 spiro atoms. The Morgan fingerprint density at radius 1 is 1.38 bits per heavy atom. The number of rotatable bonds is 6. The largest absolute Gasteiger partial charge is 0.297 e. The zero-order chi connectivity index (χ0) is 10.3. The van der Waals surface area contributed by atoms with E-state index in [1.54, 1.807) is 0 Å². The van der Waals surface area contributed by atoms with E-state index in [0.717, 1.165) is 19.3 Å². The lowest BCUT2D eigenvalue weighted by Crippen LogP contribution is -2.02. The van der Waals surface area contributed by atoms with Crippen LogP contribution in [0.5, 0.6) is 0 Å². The summed E-state index contributed by atoms with van der Waals surface area (Å²) in [5, 5.41) is 0. The molecule has 0 aromatic rings. The molecule has 76 valence electrons. The van der Waals surface area contributed by atoms with E-state index in [4.69, 9.17) is 4.55 Å². The molecule has 1 N–H and O–H groups in total. The molecule has 13 heavy (non-hydrogen) atoms. The van der Waals surface area contributed by atoms with Gasteiger partial charge < -0.3 is 0 Å². The van der Waals surface area contributed by atoms with Gasteiger partial charge in [-0.1, -0.05) is 25.8 Å². The van der Waals surface area contributed by atoms with Gasteiger partial charge in [-0.3, -0.25) is 9.35 Å². The maximum absolute atomic E-state index is 10.5. The highest BCUT2D eigenvalue weighted by atomic mass is 32.2. The van der Waals surface area contributed by atoms with Crippen molar-refractivity contribution in [2.75, 3.05) is 0 Å². The van der Waals surface area contributed by atoms with Crippen molar-refractivity contribution in [1.29, 1.82) is 0 Å². The van der Waals surface area contributed by atoms with E-state index >= 15 is 0 Å². The highest BCUT2D eigenvalue weighted by molar-refractivity contribution is 7.90. The Morgan fingerprint density at radius 3 is 2.38 bits per heavy atom. The van der Waals surface area contributed by atoms with E-state index < -0.39 is 15.0 Å². The van der Waals surface area contributed by atoms with E-state index in [9.17, 15) is 13.2 Å². The summed E-state index contributed by atoms with van der Waals surface area (Å²) in [6.07, 6.45) is 4.73. The van der Waals surface area contributed by atoms with Crippen LogP contribution in [0.25, 0.3) is 0 Å². The average molecular weight is 206 g/mol. The van der Waals surface area contributed by atoms with Crippen LogP contribution < -0.4 is 0 Å². The first-order valence-corrected chi connectivity index (χ1v) is 5.59. The van der Waals surface area contributed by atoms with Crippen LogP contribution in [0.1, 0.15) is 32.6 Å². The third-order valence-corrected chi connectivity index (χ3v) is 2.43. The number of unbranched alkanes of at least 4 members (excludes halogenated alkanes) is 3. The van der Waals surface area contributed by atoms with Crippen molar-refractivity contribution in [3.63, 3.8) is 0 Å². The van der Waals surface area contributed by atoms with Crippen LogP contribution >= 0.6 is 0 Å². The minimum atomic E-state index is -4.31. The smallest absolute Gasteiger partial charge is 0.297 e. The van der Waals surface area contributed by atoms with Gasteiger partial charge in [0.15, 0.2) is 6.29 Å². The Kier molecular flexibility index (Phi) is 5.57. The molecule has 0 unspecified atom stereocenters. The monoisotopic (exact) mass is 206 g/mol. The minimum absolute atomic E-state index is 0.154. The maximum atomic E-state index is 10.5. The van der Waals surface area contributed by atoms with E-state index in [-0.39, 0.29) is 6.29 Å². The average Bonchev–Trinajstić information content (AvgIpc) is 2.02. The molecule has 0 heterocycles. The van der Waals surface area contributed by atoms with Crippen LogP contribution in [-0.4, -0.2) is 19.3 Å². The second-order valence-electron chi connectivity index (χ2n) is 2.70. The number of hydrogen-bond donors (Lipinski definition) is 1. The lowest BCUT2D eigenvalue weighted by Gasteiger charge is -1.95. The van der Waals surface area contributed by atoms with Crippen molar-refractivity contribution in [2.45, 2.75) is 32.6 Å². The zero-order valence-electron chi connectivity index (χ0n) is 7.56. The number of allylic oxidation sites excluding steroid dienone is 2. The maximum Gasteiger partial charge on any atom is 0.297 e. The van der Waals surface area contributed by atoms with Crippen molar-refractivity contribution in [1.82, 2.24) is 0 Å². The fourth-order valence-electron chi connectivity index (χ4n) is 0.853. The summed E-state index contributed by atoms with van der Waals surface area (Å²) >= 11 is 0. The molecule has 4 nitrogen and oxygen atoms in total. The summed E-state index contributed by atoms with van der Waals surface area (Å²) in [5.74, 6) is 0. The second-order valence-corrected chi connectivity index (χ2v) is 4.12.